The lowest BCUT2D eigenvalue weighted by atomic mass is 10.1. The minimum Gasteiger partial charge on any atom is -0.488 e. The minimum absolute atomic E-state index is 0.107. The standard InChI is InChI=1S/C22H22N6O5S/c1-11(7-8-23)24-21-27-28-22(34-21)26-19(30)16-10-14(18(32-2)20(31)33-16)25-17-13-6-4-3-5-12(13)9-15(17)29/h3-8,10,15,17,25,29H,9,23H2,1-2H3,(H,26,28,30)/b8-7-,24-11+/t15-,17+/m1/s1. The van der Waals surface area contributed by atoms with Crippen molar-refractivity contribution in [1.29, 1.82) is 0 Å². The largest absolute Gasteiger partial charge is 0.488 e. The van der Waals surface area contributed by atoms with E-state index in [1.54, 1.807) is 13.0 Å². The number of carbonyl (C=O) groups is 1. The number of allylic oxidation sites excluding steroid dienone is 1. The zero-order valence-corrected chi connectivity index (χ0v) is 19.1. The number of rotatable bonds is 7. The molecule has 1 amide bonds. The van der Waals surface area contributed by atoms with Gasteiger partial charge in [-0.15, -0.1) is 10.2 Å². The van der Waals surface area contributed by atoms with Crippen LogP contribution in [-0.2, 0) is 6.42 Å². The fourth-order valence-electron chi connectivity index (χ4n) is 3.61. The van der Waals surface area contributed by atoms with E-state index in [1.807, 2.05) is 24.3 Å². The van der Waals surface area contributed by atoms with Crippen molar-refractivity contribution in [3.8, 4) is 5.75 Å². The number of nitrogens with one attached hydrogen (secondary N) is 2. The van der Waals surface area contributed by atoms with Crippen molar-refractivity contribution in [2.75, 3.05) is 17.7 Å². The Labute approximate surface area is 198 Å². The second kappa shape index (κ2) is 9.85. The first-order valence-corrected chi connectivity index (χ1v) is 11.0. The number of aliphatic hydroxyl groups is 1. The van der Waals surface area contributed by atoms with Crippen molar-refractivity contribution >= 4 is 38.9 Å². The molecule has 11 nitrogen and oxygen atoms in total. The Balaban J connectivity index is 1.58. The SMILES string of the molecule is COc1c(N[C@H]2c3ccccc3C[C@H]2O)cc(C(=O)Nc2nnc(/N=C(C)/C=C\N)s2)oc1=O. The quantitative estimate of drug-likeness (QED) is 0.370. The molecule has 2 atom stereocenters. The van der Waals surface area contributed by atoms with E-state index in [-0.39, 0.29) is 22.3 Å². The van der Waals surface area contributed by atoms with Crippen molar-refractivity contribution in [1.82, 2.24) is 10.2 Å². The van der Waals surface area contributed by atoms with Gasteiger partial charge >= 0.3 is 5.63 Å². The molecule has 0 bridgehead atoms. The molecule has 0 unspecified atom stereocenters. The Bertz CT molecular complexity index is 1330. The van der Waals surface area contributed by atoms with Gasteiger partial charge in [0.1, 0.15) is 0 Å². The molecular formula is C22H22N6O5S. The zero-order valence-electron chi connectivity index (χ0n) is 18.3. The Morgan fingerprint density at radius 3 is 2.94 bits per heavy atom. The van der Waals surface area contributed by atoms with Crippen molar-refractivity contribution in [2.24, 2.45) is 10.7 Å². The Hall–Kier alpha value is -4.03. The third-order valence-electron chi connectivity index (χ3n) is 5.10. The third kappa shape index (κ3) is 4.82. The maximum Gasteiger partial charge on any atom is 0.381 e. The van der Waals surface area contributed by atoms with Gasteiger partial charge in [-0.05, 0) is 30.3 Å². The van der Waals surface area contributed by atoms with Gasteiger partial charge in [-0.1, -0.05) is 35.6 Å². The monoisotopic (exact) mass is 482 g/mol. The summed E-state index contributed by atoms with van der Waals surface area (Å²) in [6.45, 7) is 1.74. The maximum atomic E-state index is 12.8. The van der Waals surface area contributed by atoms with Crippen LogP contribution in [0.3, 0.4) is 0 Å². The van der Waals surface area contributed by atoms with E-state index in [1.165, 1.54) is 19.4 Å². The molecule has 1 aliphatic carbocycles. The van der Waals surface area contributed by atoms with Crippen LogP contribution in [0.2, 0.25) is 0 Å². The van der Waals surface area contributed by atoms with Crippen LogP contribution < -0.4 is 26.7 Å². The molecule has 1 aromatic carbocycles. The first kappa shape index (κ1) is 23.1. The molecule has 0 spiro atoms. The van der Waals surface area contributed by atoms with Crippen LogP contribution in [0.5, 0.6) is 5.75 Å². The molecule has 34 heavy (non-hydrogen) atoms. The highest BCUT2D eigenvalue weighted by Gasteiger charge is 2.32. The van der Waals surface area contributed by atoms with Crippen molar-refractivity contribution in [3.05, 3.63) is 69.9 Å². The van der Waals surface area contributed by atoms with E-state index in [0.717, 1.165) is 22.5 Å². The van der Waals surface area contributed by atoms with Gasteiger partial charge in [-0.2, -0.15) is 0 Å². The summed E-state index contributed by atoms with van der Waals surface area (Å²) in [6, 6.07) is 8.46. The molecule has 3 aromatic rings. The van der Waals surface area contributed by atoms with E-state index >= 15 is 0 Å². The number of hydrogen-bond acceptors (Lipinski definition) is 11. The van der Waals surface area contributed by atoms with Gasteiger partial charge in [0.25, 0.3) is 5.91 Å². The fourth-order valence-corrected chi connectivity index (χ4v) is 4.28. The molecule has 0 radical (unpaired) electrons. The van der Waals surface area contributed by atoms with E-state index in [9.17, 15) is 14.7 Å². The maximum absolute atomic E-state index is 12.8. The van der Waals surface area contributed by atoms with Gasteiger partial charge in [0, 0.05) is 18.2 Å². The second-order valence-corrected chi connectivity index (χ2v) is 8.35. The highest BCUT2D eigenvalue weighted by Crippen LogP contribution is 2.36. The number of hydrogen-bond donors (Lipinski definition) is 4. The number of fused-ring (bicyclic) bond motifs is 1. The molecule has 5 N–H and O–H groups in total. The molecule has 0 aliphatic heterocycles. The topological polar surface area (TPSA) is 165 Å². The summed E-state index contributed by atoms with van der Waals surface area (Å²) in [5.41, 5.74) is 7.22. The summed E-state index contributed by atoms with van der Waals surface area (Å²) >= 11 is 1.04. The van der Waals surface area contributed by atoms with E-state index < -0.39 is 23.7 Å². The molecule has 2 heterocycles. The van der Waals surface area contributed by atoms with Gasteiger partial charge in [0.2, 0.25) is 16.0 Å². The van der Waals surface area contributed by atoms with Crippen LogP contribution in [0.15, 0.2) is 56.8 Å². The van der Waals surface area contributed by atoms with Crippen LogP contribution in [0, 0.1) is 0 Å². The predicted molar refractivity (Wildman–Crippen MR) is 128 cm³/mol. The number of nitrogens with two attached hydrogens (primary N) is 1. The molecule has 0 fully saturated rings. The summed E-state index contributed by atoms with van der Waals surface area (Å²) in [5, 5.41) is 24.5. The smallest absolute Gasteiger partial charge is 0.381 e. The molecule has 2 aromatic heterocycles. The van der Waals surface area contributed by atoms with Crippen molar-refractivity contribution in [3.63, 3.8) is 0 Å². The number of ether oxygens (including phenoxy) is 1. The summed E-state index contributed by atoms with van der Waals surface area (Å²) in [7, 11) is 1.32. The fraction of sp³-hybridized carbons (Fsp3) is 0.227. The summed E-state index contributed by atoms with van der Waals surface area (Å²) < 4.78 is 10.3. The number of benzene rings is 1. The average molecular weight is 483 g/mol. The second-order valence-electron chi connectivity index (χ2n) is 7.39. The van der Waals surface area contributed by atoms with Gasteiger partial charge < -0.3 is 25.3 Å². The Morgan fingerprint density at radius 2 is 2.18 bits per heavy atom. The molecule has 176 valence electrons. The number of amides is 1. The van der Waals surface area contributed by atoms with E-state index in [0.29, 0.717) is 17.3 Å². The molecule has 1 aliphatic rings. The van der Waals surface area contributed by atoms with Gasteiger partial charge in [-0.25, -0.2) is 9.79 Å². The minimum atomic E-state index is -0.842. The number of aliphatic imine (C=N–C) groups is 1. The summed E-state index contributed by atoms with van der Waals surface area (Å²) in [4.78, 5) is 29.5. The normalized spacial score (nSPS) is 17.6. The molecule has 0 saturated carbocycles. The number of aliphatic hydroxyl groups excluding tert-OH is 1. The van der Waals surface area contributed by atoms with E-state index in [4.69, 9.17) is 14.9 Å². The first-order valence-electron chi connectivity index (χ1n) is 10.2. The van der Waals surface area contributed by atoms with Crippen molar-refractivity contribution < 1.29 is 19.1 Å². The highest BCUT2D eigenvalue weighted by atomic mass is 32.1. The average Bonchev–Trinajstić information content (AvgIpc) is 3.37. The Morgan fingerprint density at radius 1 is 1.38 bits per heavy atom. The number of methoxy groups -OCH3 is 1. The zero-order chi connectivity index (χ0) is 24.2. The van der Waals surface area contributed by atoms with Crippen LogP contribution >= 0.6 is 11.3 Å². The lowest BCUT2D eigenvalue weighted by Crippen LogP contribution is -2.23. The van der Waals surface area contributed by atoms with Crippen LogP contribution in [0.4, 0.5) is 16.0 Å². The van der Waals surface area contributed by atoms with Crippen LogP contribution in [0.1, 0.15) is 34.6 Å². The van der Waals surface area contributed by atoms with Crippen LogP contribution in [0.25, 0.3) is 0 Å². The van der Waals surface area contributed by atoms with Gasteiger partial charge in [0.15, 0.2) is 5.76 Å². The van der Waals surface area contributed by atoms with E-state index in [2.05, 4.69) is 25.8 Å². The molecule has 12 heteroatoms. The predicted octanol–water partition coefficient (Wildman–Crippen LogP) is 2.39. The first-order chi connectivity index (χ1) is 16.4. The van der Waals surface area contributed by atoms with Crippen LogP contribution in [-0.4, -0.2) is 40.1 Å². The lowest BCUT2D eigenvalue weighted by molar-refractivity contribution is 0.0991. The lowest BCUT2D eigenvalue weighted by Gasteiger charge is -2.20. The molecular weight excluding hydrogens is 460 g/mol. The summed E-state index contributed by atoms with van der Waals surface area (Å²) in [6.07, 6.45) is 2.69. The summed E-state index contributed by atoms with van der Waals surface area (Å²) in [5.74, 6) is -1.08. The highest BCUT2D eigenvalue weighted by molar-refractivity contribution is 7.18. The van der Waals surface area contributed by atoms with Crippen molar-refractivity contribution in [2.45, 2.75) is 25.5 Å². The molecule has 0 saturated heterocycles. The number of aromatic nitrogens is 2. The Kier molecular flexibility index (Phi) is 6.70. The molecule has 4 rings (SSSR count). The number of nitrogens with zero attached hydrogens (tertiary/aromatic N) is 3. The third-order valence-corrected chi connectivity index (χ3v) is 5.83. The number of carbonyl (C=O) groups excluding carboxylic acids is 1. The van der Waals surface area contributed by atoms with Gasteiger partial charge in [-0.3, -0.25) is 10.1 Å². The number of anilines is 2. The van der Waals surface area contributed by atoms with Gasteiger partial charge in [0.05, 0.1) is 24.9 Å².